The van der Waals surface area contributed by atoms with E-state index in [-0.39, 0.29) is 0 Å². The number of benzene rings is 10. The molecule has 0 bridgehead atoms. The quantitative estimate of drug-likeness (QED) is 0.160. The Kier molecular flexibility index (Phi) is 6.48. The first-order chi connectivity index (χ1) is 26.8. The zero-order valence-corrected chi connectivity index (χ0v) is 30.8. The molecule has 0 nitrogen and oxygen atoms in total. The van der Waals surface area contributed by atoms with Crippen molar-refractivity contribution in [2.75, 3.05) is 0 Å². The molecule has 0 saturated carbocycles. The highest BCUT2D eigenvalue weighted by Crippen LogP contribution is 2.49. The summed E-state index contributed by atoms with van der Waals surface area (Å²) in [6, 6.07) is 67.7. The average Bonchev–Trinajstić information content (AvgIpc) is 3.81. The van der Waals surface area contributed by atoms with E-state index in [1.807, 2.05) is 22.7 Å². The van der Waals surface area contributed by atoms with E-state index in [2.05, 4.69) is 182 Å². The van der Waals surface area contributed by atoms with Gasteiger partial charge in [0.25, 0.3) is 0 Å². The second kappa shape index (κ2) is 11.6. The van der Waals surface area contributed by atoms with Gasteiger partial charge in [0.2, 0.25) is 0 Å². The zero-order valence-electron chi connectivity index (χ0n) is 29.1. The summed E-state index contributed by atoms with van der Waals surface area (Å²) >= 11 is 3.87. The van der Waals surface area contributed by atoms with Gasteiger partial charge in [-0.2, -0.15) is 0 Å². The highest BCUT2D eigenvalue weighted by Gasteiger charge is 2.20. The van der Waals surface area contributed by atoms with Gasteiger partial charge in [0.15, 0.2) is 0 Å². The molecule has 0 radical (unpaired) electrons. The molecule has 54 heavy (non-hydrogen) atoms. The Morgan fingerprint density at radius 3 is 1.59 bits per heavy atom. The van der Waals surface area contributed by atoms with Gasteiger partial charge in [0.05, 0.1) is 9.40 Å². The molecule has 0 N–H and O–H groups in total. The predicted octanol–water partition coefficient (Wildman–Crippen LogP) is 16.0. The van der Waals surface area contributed by atoms with Crippen molar-refractivity contribution in [1.29, 1.82) is 0 Å². The van der Waals surface area contributed by atoms with Crippen LogP contribution in [-0.2, 0) is 0 Å². The van der Waals surface area contributed by atoms with Crippen LogP contribution in [-0.4, -0.2) is 0 Å². The van der Waals surface area contributed by atoms with Crippen LogP contribution in [0.2, 0.25) is 0 Å². The Balaban J connectivity index is 1.11. The lowest BCUT2D eigenvalue weighted by molar-refractivity contribution is 1.65. The molecule has 12 rings (SSSR count). The fourth-order valence-electron chi connectivity index (χ4n) is 9.13. The van der Waals surface area contributed by atoms with E-state index < -0.39 is 0 Å². The monoisotopic (exact) mass is 718 g/mol. The molecule has 0 unspecified atom stereocenters. The van der Waals surface area contributed by atoms with E-state index in [1.54, 1.807) is 0 Å². The maximum atomic E-state index is 2.46. The molecule has 0 amide bonds. The Morgan fingerprint density at radius 2 is 0.815 bits per heavy atom. The van der Waals surface area contributed by atoms with Gasteiger partial charge in [-0.05, 0) is 94.7 Å². The molecular weight excluding hydrogens is 689 g/mol. The first kappa shape index (κ1) is 30.2. The molecule has 12 aromatic rings. The Bertz CT molecular complexity index is 3440. The lowest BCUT2D eigenvalue weighted by Crippen LogP contribution is -1.92. The Labute approximate surface area is 319 Å². The third kappa shape index (κ3) is 4.30. The molecule has 0 aliphatic heterocycles. The maximum Gasteiger partial charge on any atom is 0.0534 e. The number of hydrogen-bond acceptors (Lipinski definition) is 2. The van der Waals surface area contributed by atoms with E-state index in [0.717, 1.165) is 0 Å². The molecule has 0 aliphatic carbocycles. The van der Waals surface area contributed by atoms with Crippen molar-refractivity contribution in [2.45, 2.75) is 0 Å². The number of fused-ring (bicyclic) bond motifs is 12. The first-order valence-electron chi connectivity index (χ1n) is 18.5. The van der Waals surface area contributed by atoms with Gasteiger partial charge in [-0.3, -0.25) is 0 Å². The minimum atomic E-state index is 1.23. The SMILES string of the molecule is c1cc(-c2c3ccccc3c(-c3cccc4ccccc34)c3ccccc23)cc(-c2cc3sc4c(ccc5c6ccccc6sc54)c3c3ccccc23)c1. The highest BCUT2D eigenvalue weighted by molar-refractivity contribution is 7.33. The minimum absolute atomic E-state index is 1.23. The normalized spacial score (nSPS) is 12.1. The Morgan fingerprint density at radius 1 is 0.278 bits per heavy atom. The van der Waals surface area contributed by atoms with Crippen molar-refractivity contribution < 1.29 is 0 Å². The highest BCUT2D eigenvalue weighted by atomic mass is 32.1. The summed E-state index contributed by atoms with van der Waals surface area (Å²) in [4.78, 5) is 0. The summed E-state index contributed by atoms with van der Waals surface area (Å²) in [5.74, 6) is 0. The van der Waals surface area contributed by atoms with Crippen LogP contribution < -0.4 is 0 Å². The summed E-state index contributed by atoms with van der Waals surface area (Å²) in [6.45, 7) is 0. The van der Waals surface area contributed by atoms with Crippen molar-refractivity contribution >= 4 is 106 Å². The summed E-state index contributed by atoms with van der Waals surface area (Å²) < 4.78 is 5.48. The fraction of sp³-hybridized carbons (Fsp3) is 0. The van der Waals surface area contributed by atoms with Crippen molar-refractivity contribution in [1.82, 2.24) is 0 Å². The van der Waals surface area contributed by atoms with Crippen LogP contribution in [0.15, 0.2) is 182 Å². The molecule has 0 fully saturated rings. The fourth-order valence-corrected chi connectivity index (χ4v) is 11.7. The van der Waals surface area contributed by atoms with Crippen LogP contribution in [0.3, 0.4) is 0 Å². The average molecular weight is 719 g/mol. The number of rotatable bonds is 3. The molecular formula is C52H30S2. The minimum Gasteiger partial charge on any atom is -0.134 e. The van der Waals surface area contributed by atoms with Gasteiger partial charge in [-0.1, -0.05) is 164 Å². The Hall–Kier alpha value is -6.32. The van der Waals surface area contributed by atoms with Crippen LogP contribution >= 0.6 is 22.7 Å². The third-order valence-corrected chi connectivity index (χ3v) is 13.9. The number of thiophene rings is 2. The van der Waals surface area contributed by atoms with Crippen molar-refractivity contribution in [3.05, 3.63) is 182 Å². The van der Waals surface area contributed by atoms with Gasteiger partial charge in [-0.15, -0.1) is 22.7 Å². The summed E-state index contributed by atoms with van der Waals surface area (Å²) in [6.07, 6.45) is 0. The summed E-state index contributed by atoms with van der Waals surface area (Å²) in [5, 5.41) is 15.7. The van der Waals surface area contributed by atoms with Crippen LogP contribution in [0.4, 0.5) is 0 Å². The zero-order chi connectivity index (χ0) is 35.3. The van der Waals surface area contributed by atoms with Gasteiger partial charge >= 0.3 is 0 Å². The van der Waals surface area contributed by atoms with Crippen LogP contribution in [0.25, 0.3) is 117 Å². The predicted molar refractivity (Wildman–Crippen MR) is 239 cm³/mol. The van der Waals surface area contributed by atoms with E-state index in [1.165, 1.54) is 117 Å². The second-order valence-corrected chi connectivity index (χ2v) is 16.4. The number of hydrogen-bond donors (Lipinski definition) is 0. The lowest BCUT2D eigenvalue weighted by Gasteiger charge is -2.19. The lowest BCUT2D eigenvalue weighted by atomic mass is 9.84. The molecule has 0 atom stereocenters. The molecule has 2 heterocycles. The third-order valence-electron chi connectivity index (χ3n) is 11.4. The van der Waals surface area contributed by atoms with Crippen LogP contribution in [0.1, 0.15) is 0 Å². The van der Waals surface area contributed by atoms with E-state index >= 15 is 0 Å². The molecule has 0 aliphatic rings. The second-order valence-electron chi connectivity index (χ2n) is 14.3. The largest absolute Gasteiger partial charge is 0.134 e. The molecule has 250 valence electrons. The van der Waals surface area contributed by atoms with Crippen LogP contribution in [0.5, 0.6) is 0 Å². The molecule has 0 spiro atoms. The molecule has 2 aromatic heterocycles. The smallest absolute Gasteiger partial charge is 0.0534 e. The van der Waals surface area contributed by atoms with Crippen molar-refractivity contribution in [2.24, 2.45) is 0 Å². The van der Waals surface area contributed by atoms with Gasteiger partial charge in [0.1, 0.15) is 0 Å². The van der Waals surface area contributed by atoms with E-state index in [9.17, 15) is 0 Å². The van der Waals surface area contributed by atoms with E-state index in [0.29, 0.717) is 0 Å². The summed E-state index contributed by atoms with van der Waals surface area (Å²) in [5.41, 5.74) is 7.61. The van der Waals surface area contributed by atoms with Crippen LogP contribution in [0, 0.1) is 0 Å². The van der Waals surface area contributed by atoms with E-state index in [4.69, 9.17) is 0 Å². The summed E-state index contributed by atoms with van der Waals surface area (Å²) in [7, 11) is 0. The van der Waals surface area contributed by atoms with Gasteiger partial charge in [0, 0.05) is 30.9 Å². The van der Waals surface area contributed by atoms with Crippen molar-refractivity contribution in [3.8, 4) is 33.4 Å². The molecule has 0 saturated heterocycles. The standard InChI is InChI=1S/C52H30S2/c1-2-17-34-31(13-1)14-12-25-37(34)49-41-23-7-5-21-39(41)48(40-22-6-8-24-42(40)49)33-16-11-15-32(29-33)45-30-47-50(38-20-4-3-18-35(38)45)44-28-27-43-36-19-9-10-26-46(36)53-51(43)52(44)54-47/h1-30H. The first-order valence-corrected chi connectivity index (χ1v) is 20.1. The topological polar surface area (TPSA) is 0 Å². The molecule has 10 aromatic carbocycles. The molecule has 2 heteroatoms. The van der Waals surface area contributed by atoms with Gasteiger partial charge in [-0.25, -0.2) is 0 Å². The van der Waals surface area contributed by atoms with Crippen molar-refractivity contribution in [3.63, 3.8) is 0 Å². The maximum absolute atomic E-state index is 2.46. The van der Waals surface area contributed by atoms with Gasteiger partial charge < -0.3 is 0 Å².